The Morgan fingerprint density at radius 1 is 0.848 bits per heavy atom. The first-order valence-corrected chi connectivity index (χ1v) is 15.7. The highest BCUT2D eigenvalue weighted by atomic mass is 16.2. The van der Waals surface area contributed by atoms with Crippen molar-refractivity contribution in [1.82, 2.24) is 19.9 Å². The van der Waals surface area contributed by atoms with E-state index in [0.29, 0.717) is 17.8 Å². The first-order valence-electron chi connectivity index (χ1n) is 15.7. The van der Waals surface area contributed by atoms with Crippen LogP contribution in [0.15, 0.2) is 120 Å². The van der Waals surface area contributed by atoms with Crippen LogP contribution >= 0.6 is 0 Å². The molecule has 0 radical (unpaired) electrons. The molecule has 6 aromatic rings. The van der Waals surface area contributed by atoms with Gasteiger partial charge in [-0.05, 0) is 42.2 Å². The molecule has 2 aromatic heterocycles. The van der Waals surface area contributed by atoms with Crippen LogP contribution in [-0.4, -0.2) is 45.0 Å². The molecular weight excluding hydrogens is 572 g/mol. The number of fused-ring (bicyclic) bond motifs is 1. The fourth-order valence-corrected chi connectivity index (χ4v) is 6.56. The van der Waals surface area contributed by atoms with E-state index in [4.69, 9.17) is 10.7 Å². The van der Waals surface area contributed by atoms with Gasteiger partial charge in [0.25, 0.3) is 5.56 Å². The third-order valence-corrected chi connectivity index (χ3v) is 8.91. The molecule has 4 aromatic carbocycles. The van der Waals surface area contributed by atoms with Gasteiger partial charge in [0.15, 0.2) is 0 Å². The summed E-state index contributed by atoms with van der Waals surface area (Å²) in [6.07, 6.45) is 4.10. The Labute approximate surface area is 267 Å². The predicted octanol–water partition coefficient (Wildman–Crippen LogP) is 6.73. The Kier molecular flexibility index (Phi) is 8.18. The van der Waals surface area contributed by atoms with Gasteiger partial charge in [0.05, 0.1) is 11.4 Å². The van der Waals surface area contributed by atoms with Crippen molar-refractivity contribution in [2.24, 2.45) is 5.73 Å². The van der Waals surface area contributed by atoms with Crippen molar-refractivity contribution in [2.45, 2.75) is 31.8 Å². The summed E-state index contributed by atoms with van der Waals surface area (Å²) < 4.78 is 0. The fourth-order valence-electron chi connectivity index (χ4n) is 6.56. The lowest BCUT2D eigenvalue weighted by Gasteiger charge is -2.37. The van der Waals surface area contributed by atoms with E-state index in [0.717, 1.165) is 71.5 Å². The third kappa shape index (κ3) is 6.07. The maximum Gasteiger partial charge on any atom is 0.319 e. The second-order valence-corrected chi connectivity index (χ2v) is 11.9. The van der Waals surface area contributed by atoms with E-state index < -0.39 is 6.03 Å². The van der Waals surface area contributed by atoms with Gasteiger partial charge >= 0.3 is 6.03 Å². The Bertz CT molecular complexity index is 2010. The predicted molar refractivity (Wildman–Crippen MR) is 184 cm³/mol. The number of rotatable bonds is 8. The van der Waals surface area contributed by atoms with E-state index in [2.05, 4.69) is 45.2 Å². The van der Waals surface area contributed by atoms with Crippen molar-refractivity contribution in [1.29, 1.82) is 0 Å². The zero-order valence-electron chi connectivity index (χ0n) is 25.5. The zero-order chi connectivity index (χ0) is 31.5. The number of para-hydroxylation sites is 2. The molecule has 1 saturated heterocycles. The first kappa shape index (κ1) is 29.3. The molecule has 0 bridgehead atoms. The second-order valence-electron chi connectivity index (χ2n) is 11.9. The standard InChI is InChI=1S/C38H36N6O2/c39-38(46)44(30-11-5-2-6-12-30)31-19-21-43(22-20-31)25-26-15-17-28(18-16-26)36-35(27-9-3-1-4-10-27)41-34(37(45)42-36)23-29-24-40-33-14-8-7-13-32(29)33/h1-18,24,31,40H,19-23,25H2,(H2,39,46)(H,42,45). The number of anilines is 1. The minimum atomic E-state index is -0.409. The molecular formula is C38H36N6O2. The largest absolute Gasteiger partial charge is 0.361 e. The summed E-state index contributed by atoms with van der Waals surface area (Å²) in [7, 11) is 0. The van der Waals surface area contributed by atoms with Gasteiger partial charge in [-0.2, -0.15) is 0 Å². The average molecular weight is 609 g/mol. The highest BCUT2D eigenvalue weighted by Gasteiger charge is 2.28. The van der Waals surface area contributed by atoms with Gasteiger partial charge < -0.3 is 15.7 Å². The van der Waals surface area contributed by atoms with Gasteiger partial charge in [-0.3, -0.25) is 14.6 Å². The van der Waals surface area contributed by atoms with Gasteiger partial charge in [-0.25, -0.2) is 9.78 Å². The number of nitrogens with zero attached hydrogens (tertiary/aromatic N) is 3. The number of nitrogens with two attached hydrogens (primary N) is 1. The number of H-pyrrole nitrogens is 2. The van der Waals surface area contributed by atoms with Crippen molar-refractivity contribution < 1.29 is 4.79 Å². The number of aromatic nitrogens is 3. The lowest BCUT2D eigenvalue weighted by Crippen LogP contribution is -2.49. The molecule has 0 unspecified atom stereocenters. The number of hydrogen-bond donors (Lipinski definition) is 3. The summed E-state index contributed by atoms with van der Waals surface area (Å²) in [6.45, 7) is 2.55. The number of nitrogens with one attached hydrogen (secondary N) is 2. The summed E-state index contributed by atoms with van der Waals surface area (Å²) in [4.78, 5) is 41.3. The number of amides is 2. The third-order valence-electron chi connectivity index (χ3n) is 8.91. The SMILES string of the molecule is NC(=O)N(c1ccccc1)C1CCN(Cc2ccc(-c3[nH]c(=O)c(Cc4c[nH]c5ccccc45)nc3-c3ccccc3)cc2)CC1. The zero-order valence-corrected chi connectivity index (χ0v) is 25.5. The molecule has 1 aliphatic rings. The number of likely N-dealkylation sites (tertiary alicyclic amines) is 1. The highest BCUT2D eigenvalue weighted by molar-refractivity contribution is 5.91. The number of carbonyl (C=O) groups is 1. The van der Waals surface area contributed by atoms with Gasteiger partial charge in [0.1, 0.15) is 5.69 Å². The average Bonchev–Trinajstić information content (AvgIpc) is 3.50. The van der Waals surface area contributed by atoms with Crippen LogP contribution in [0.4, 0.5) is 10.5 Å². The molecule has 46 heavy (non-hydrogen) atoms. The molecule has 0 aliphatic carbocycles. The molecule has 230 valence electrons. The normalized spacial score (nSPS) is 14.0. The number of carbonyl (C=O) groups excluding carboxylic acids is 1. The Morgan fingerprint density at radius 2 is 1.52 bits per heavy atom. The van der Waals surface area contributed by atoms with E-state index in [1.807, 2.05) is 85.1 Å². The molecule has 2 amide bonds. The minimum absolute atomic E-state index is 0.0817. The summed E-state index contributed by atoms with van der Waals surface area (Å²) in [5, 5.41) is 1.09. The van der Waals surface area contributed by atoms with E-state index in [1.54, 1.807) is 4.90 Å². The molecule has 8 nitrogen and oxygen atoms in total. The smallest absolute Gasteiger partial charge is 0.319 e. The van der Waals surface area contributed by atoms with Gasteiger partial charge in [0.2, 0.25) is 0 Å². The van der Waals surface area contributed by atoms with Crippen LogP contribution in [0.2, 0.25) is 0 Å². The first-order chi connectivity index (χ1) is 22.5. The lowest BCUT2D eigenvalue weighted by atomic mass is 10.0. The Hall–Kier alpha value is -5.47. The van der Waals surface area contributed by atoms with Gasteiger partial charge in [-0.15, -0.1) is 0 Å². The highest BCUT2D eigenvalue weighted by Crippen LogP contribution is 2.30. The van der Waals surface area contributed by atoms with Crippen molar-refractivity contribution in [3.05, 3.63) is 143 Å². The van der Waals surface area contributed by atoms with Crippen molar-refractivity contribution in [3.63, 3.8) is 0 Å². The van der Waals surface area contributed by atoms with E-state index in [1.165, 1.54) is 5.56 Å². The van der Waals surface area contributed by atoms with E-state index in [-0.39, 0.29) is 11.6 Å². The minimum Gasteiger partial charge on any atom is -0.361 e. The molecule has 1 aliphatic heterocycles. The van der Waals surface area contributed by atoms with Crippen molar-refractivity contribution in [2.75, 3.05) is 18.0 Å². The summed E-state index contributed by atoms with van der Waals surface area (Å²) in [5.41, 5.74) is 13.5. The number of urea groups is 1. The molecule has 7 rings (SSSR count). The molecule has 0 atom stereocenters. The number of benzene rings is 4. The van der Waals surface area contributed by atoms with Gasteiger partial charge in [0, 0.05) is 66.0 Å². The summed E-state index contributed by atoms with van der Waals surface area (Å²) in [5.74, 6) is 0. The second kappa shape index (κ2) is 12.9. The van der Waals surface area contributed by atoms with E-state index in [9.17, 15) is 9.59 Å². The topological polar surface area (TPSA) is 111 Å². The van der Waals surface area contributed by atoms with Crippen molar-refractivity contribution >= 4 is 22.6 Å². The maximum absolute atomic E-state index is 13.4. The molecule has 8 heteroatoms. The van der Waals surface area contributed by atoms with Crippen LogP contribution in [-0.2, 0) is 13.0 Å². The number of hydrogen-bond acceptors (Lipinski definition) is 4. The molecule has 4 N–H and O–H groups in total. The molecule has 0 saturated carbocycles. The maximum atomic E-state index is 13.4. The monoisotopic (exact) mass is 608 g/mol. The number of primary amides is 1. The summed E-state index contributed by atoms with van der Waals surface area (Å²) >= 11 is 0. The van der Waals surface area contributed by atoms with Crippen molar-refractivity contribution in [3.8, 4) is 22.5 Å². The Balaban J connectivity index is 1.09. The quantitative estimate of drug-likeness (QED) is 0.178. The van der Waals surface area contributed by atoms with Crippen LogP contribution < -0.4 is 16.2 Å². The molecule has 3 heterocycles. The fraction of sp³-hybridized carbons (Fsp3) is 0.184. The lowest BCUT2D eigenvalue weighted by molar-refractivity contribution is 0.199. The van der Waals surface area contributed by atoms with Crippen LogP contribution in [0, 0.1) is 0 Å². The Morgan fingerprint density at radius 3 is 2.24 bits per heavy atom. The van der Waals surface area contributed by atoms with Crippen LogP contribution in [0.5, 0.6) is 0 Å². The van der Waals surface area contributed by atoms with E-state index >= 15 is 0 Å². The molecule has 0 spiro atoms. The number of aromatic amines is 2. The number of piperidine rings is 1. The van der Waals surface area contributed by atoms with Gasteiger partial charge in [-0.1, -0.05) is 91.0 Å². The molecule has 1 fully saturated rings. The van der Waals surface area contributed by atoms with Crippen LogP contribution in [0.3, 0.4) is 0 Å². The summed E-state index contributed by atoms with van der Waals surface area (Å²) in [6, 6.07) is 35.8. The van der Waals surface area contributed by atoms with Crippen LogP contribution in [0.1, 0.15) is 29.7 Å². The van der Waals surface area contributed by atoms with Crippen LogP contribution in [0.25, 0.3) is 33.4 Å².